The predicted molar refractivity (Wildman–Crippen MR) is 128 cm³/mol. The minimum absolute atomic E-state index is 0.0221. The highest BCUT2D eigenvalue weighted by Crippen LogP contribution is 2.27. The van der Waals surface area contributed by atoms with Gasteiger partial charge in [-0.25, -0.2) is 13.2 Å². The van der Waals surface area contributed by atoms with Crippen molar-refractivity contribution in [3.63, 3.8) is 0 Å². The maximum absolute atomic E-state index is 13.3. The Morgan fingerprint density at radius 2 is 1.70 bits per heavy atom. The summed E-state index contributed by atoms with van der Waals surface area (Å²) in [6.07, 6.45) is 0. The van der Waals surface area contributed by atoms with Gasteiger partial charge in [-0.2, -0.15) is 0 Å². The molecule has 0 aliphatic rings. The molecule has 0 aromatic heterocycles. The predicted octanol–water partition coefficient (Wildman–Crippen LogP) is 5.00. The smallest absolute Gasteiger partial charge is 0.339 e. The number of carbonyl (C=O) groups excluding carboxylic acids is 2. The van der Waals surface area contributed by atoms with Crippen LogP contribution < -0.4 is 9.62 Å². The normalized spacial score (nSPS) is 11.0. The van der Waals surface area contributed by atoms with Crippen molar-refractivity contribution in [1.29, 1.82) is 0 Å². The van der Waals surface area contributed by atoms with Crippen LogP contribution in [0.15, 0.2) is 77.7 Å². The lowest BCUT2D eigenvalue weighted by Gasteiger charge is -2.24. The van der Waals surface area contributed by atoms with Gasteiger partial charge >= 0.3 is 5.97 Å². The van der Waals surface area contributed by atoms with Crippen molar-refractivity contribution in [3.8, 4) is 0 Å². The van der Waals surface area contributed by atoms with Gasteiger partial charge in [0.2, 0.25) is 5.91 Å². The lowest BCUT2D eigenvalue weighted by Crippen LogP contribution is -2.38. The average molecular weight is 507 g/mol. The number of carbonyl (C=O) groups is 2. The van der Waals surface area contributed by atoms with Crippen LogP contribution in [-0.2, 0) is 19.6 Å². The largest absolute Gasteiger partial charge is 0.462 e. The first kappa shape index (κ1) is 24.6. The number of amides is 1. The van der Waals surface area contributed by atoms with Crippen LogP contribution in [0.2, 0.25) is 10.0 Å². The molecule has 0 aliphatic carbocycles. The molecule has 3 rings (SSSR count). The number of hydrogen-bond donors (Lipinski definition) is 1. The lowest BCUT2D eigenvalue weighted by molar-refractivity contribution is -0.114. The number of rotatable bonds is 8. The number of nitrogens with one attached hydrogen (secondary N) is 1. The number of hydrogen-bond acceptors (Lipinski definition) is 5. The van der Waals surface area contributed by atoms with Crippen molar-refractivity contribution >= 4 is 56.5 Å². The Hall–Kier alpha value is -3.07. The molecule has 7 nitrogen and oxygen atoms in total. The van der Waals surface area contributed by atoms with E-state index in [1.807, 2.05) is 0 Å². The van der Waals surface area contributed by atoms with Crippen molar-refractivity contribution in [1.82, 2.24) is 0 Å². The summed E-state index contributed by atoms with van der Waals surface area (Å²) in [7, 11) is -4.08. The molecule has 0 aliphatic heterocycles. The molecule has 0 heterocycles. The minimum atomic E-state index is -4.08. The second-order valence-electron chi connectivity index (χ2n) is 6.77. The van der Waals surface area contributed by atoms with Crippen molar-refractivity contribution in [2.75, 3.05) is 22.8 Å². The van der Waals surface area contributed by atoms with Gasteiger partial charge in [-0.05, 0) is 55.5 Å². The molecule has 0 bridgehead atoms. The highest BCUT2D eigenvalue weighted by Gasteiger charge is 2.27. The second-order valence-corrected chi connectivity index (χ2v) is 9.47. The lowest BCUT2D eigenvalue weighted by atomic mass is 10.2. The van der Waals surface area contributed by atoms with E-state index in [4.69, 9.17) is 27.9 Å². The van der Waals surface area contributed by atoms with E-state index in [-0.39, 0.29) is 33.5 Å². The SMILES string of the molecule is CCOC(=O)c1cc(NC(=O)CN(c2cccc(Cl)c2)S(=O)(=O)c2ccccc2)ccc1Cl. The van der Waals surface area contributed by atoms with E-state index in [2.05, 4.69) is 5.32 Å². The van der Waals surface area contributed by atoms with E-state index in [1.165, 1.54) is 36.4 Å². The zero-order valence-electron chi connectivity index (χ0n) is 17.5. The molecular weight excluding hydrogens is 487 g/mol. The molecule has 3 aromatic carbocycles. The quantitative estimate of drug-likeness (QED) is 0.433. The fourth-order valence-electron chi connectivity index (χ4n) is 2.97. The van der Waals surface area contributed by atoms with E-state index < -0.39 is 28.4 Å². The van der Waals surface area contributed by atoms with Crippen LogP contribution in [0.3, 0.4) is 0 Å². The molecule has 3 aromatic rings. The third kappa shape index (κ3) is 6.04. The standard InChI is InChI=1S/C23H20Cl2N2O5S/c1-2-32-23(29)20-14-17(11-12-21(20)25)26-22(28)15-27(18-8-6-7-16(24)13-18)33(30,31)19-9-4-3-5-10-19/h3-14H,2,15H2,1H3,(H,26,28). The summed E-state index contributed by atoms with van der Waals surface area (Å²) >= 11 is 12.1. The third-order valence-corrected chi connectivity index (χ3v) is 6.81. The monoisotopic (exact) mass is 506 g/mol. The van der Waals surface area contributed by atoms with Crippen LogP contribution in [0.4, 0.5) is 11.4 Å². The van der Waals surface area contributed by atoms with Gasteiger partial charge in [0.15, 0.2) is 0 Å². The van der Waals surface area contributed by atoms with Crippen LogP contribution in [-0.4, -0.2) is 33.4 Å². The number of anilines is 2. The van der Waals surface area contributed by atoms with E-state index in [1.54, 1.807) is 43.3 Å². The molecular formula is C23H20Cl2N2O5S. The minimum Gasteiger partial charge on any atom is -0.462 e. The van der Waals surface area contributed by atoms with Gasteiger partial charge in [0.25, 0.3) is 10.0 Å². The Morgan fingerprint density at radius 1 is 0.970 bits per heavy atom. The average Bonchev–Trinajstić information content (AvgIpc) is 2.79. The number of ether oxygens (including phenoxy) is 1. The Morgan fingerprint density at radius 3 is 2.36 bits per heavy atom. The zero-order chi connectivity index (χ0) is 24.0. The molecule has 172 valence electrons. The van der Waals surface area contributed by atoms with Gasteiger partial charge in [-0.15, -0.1) is 0 Å². The van der Waals surface area contributed by atoms with Crippen molar-refractivity contribution in [3.05, 3.63) is 88.4 Å². The maximum atomic E-state index is 13.3. The second kappa shape index (κ2) is 10.7. The number of esters is 1. The highest BCUT2D eigenvalue weighted by atomic mass is 35.5. The highest BCUT2D eigenvalue weighted by molar-refractivity contribution is 7.92. The summed E-state index contributed by atoms with van der Waals surface area (Å²) in [5, 5.41) is 3.08. The van der Waals surface area contributed by atoms with E-state index in [0.717, 1.165) is 4.31 Å². The Kier molecular flexibility index (Phi) is 7.97. The zero-order valence-corrected chi connectivity index (χ0v) is 19.8. The van der Waals surface area contributed by atoms with Crippen LogP contribution >= 0.6 is 23.2 Å². The molecule has 0 saturated carbocycles. The van der Waals surface area contributed by atoms with Gasteiger partial charge in [0, 0.05) is 10.7 Å². The number of nitrogens with zero attached hydrogens (tertiary/aromatic N) is 1. The molecule has 0 spiro atoms. The molecule has 0 saturated heterocycles. The van der Waals surface area contributed by atoms with Gasteiger partial charge in [-0.1, -0.05) is 47.5 Å². The third-order valence-electron chi connectivity index (χ3n) is 4.46. The van der Waals surface area contributed by atoms with E-state index in [9.17, 15) is 18.0 Å². The first-order valence-corrected chi connectivity index (χ1v) is 12.0. The molecule has 1 N–H and O–H groups in total. The Labute approximate surface area is 201 Å². The van der Waals surface area contributed by atoms with Crippen molar-refractivity contribution in [2.45, 2.75) is 11.8 Å². The first-order chi connectivity index (χ1) is 15.7. The summed E-state index contributed by atoms with van der Waals surface area (Å²) in [4.78, 5) is 24.9. The Bertz CT molecular complexity index is 1270. The van der Waals surface area contributed by atoms with Crippen LogP contribution in [0.1, 0.15) is 17.3 Å². The molecule has 1 amide bonds. The maximum Gasteiger partial charge on any atom is 0.339 e. The summed E-state index contributed by atoms with van der Waals surface area (Å²) in [5.41, 5.74) is 0.570. The van der Waals surface area contributed by atoms with E-state index in [0.29, 0.717) is 5.02 Å². The van der Waals surface area contributed by atoms with Crippen molar-refractivity contribution < 1.29 is 22.7 Å². The molecule has 0 radical (unpaired) electrons. The fourth-order valence-corrected chi connectivity index (χ4v) is 4.78. The molecule has 33 heavy (non-hydrogen) atoms. The Balaban J connectivity index is 1.90. The van der Waals surface area contributed by atoms with Crippen LogP contribution in [0.5, 0.6) is 0 Å². The fraction of sp³-hybridized carbons (Fsp3) is 0.130. The van der Waals surface area contributed by atoms with Gasteiger partial charge in [-0.3, -0.25) is 9.10 Å². The molecule has 0 atom stereocenters. The number of sulfonamides is 1. The van der Waals surface area contributed by atoms with Crippen LogP contribution in [0, 0.1) is 0 Å². The summed E-state index contributed by atoms with van der Waals surface area (Å²) in [6, 6.07) is 18.3. The molecule has 0 fully saturated rings. The van der Waals surface area contributed by atoms with Gasteiger partial charge in [0.05, 0.1) is 27.8 Å². The van der Waals surface area contributed by atoms with Crippen molar-refractivity contribution in [2.24, 2.45) is 0 Å². The molecule has 10 heteroatoms. The first-order valence-electron chi connectivity index (χ1n) is 9.82. The summed E-state index contributed by atoms with van der Waals surface area (Å²) < 4.78 is 32.6. The van der Waals surface area contributed by atoms with Crippen LogP contribution in [0.25, 0.3) is 0 Å². The number of halogens is 2. The summed E-state index contributed by atoms with van der Waals surface area (Å²) in [5.74, 6) is -1.27. The topological polar surface area (TPSA) is 92.8 Å². The van der Waals surface area contributed by atoms with Gasteiger partial charge < -0.3 is 10.1 Å². The van der Waals surface area contributed by atoms with E-state index >= 15 is 0 Å². The molecule has 0 unspecified atom stereocenters. The number of benzene rings is 3. The van der Waals surface area contributed by atoms with Gasteiger partial charge in [0.1, 0.15) is 6.54 Å². The summed E-state index contributed by atoms with van der Waals surface area (Å²) in [6.45, 7) is 1.29.